The largest absolute Gasteiger partial charge is 0.382 e. The summed E-state index contributed by atoms with van der Waals surface area (Å²) < 4.78 is 0. The molecule has 6 heteroatoms. The van der Waals surface area contributed by atoms with Crippen molar-refractivity contribution in [1.29, 1.82) is 0 Å². The molecule has 0 unspecified atom stereocenters. The Kier molecular flexibility index (Phi) is 4.04. The molecule has 1 amide bonds. The number of aromatic nitrogens is 1. The lowest BCUT2D eigenvalue weighted by Gasteiger charge is -2.02. The number of nitrogens with two attached hydrogens (primary N) is 1. The summed E-state index contributed by atoms with van der Waals surface area (Å²) in [7, 11) is 0. The molecule has 1 aromatic heterocycles. The quantitative estimate of drug-likeness (QED) is 0.392. The van der Waals surface area contributed by atoms with E-state index in [1.807, 2.05) is 37.3 Å². The van der Waals surface area contributed by atoms with E-state index in [9.17, 15) is 4.79 Å². The summed E-state index contributed by atoms with van der Waals surface area (Å²) in [4.78, 5) is 15.2. The van der Waals surface area contributed by atoms with Gasteiger partial charge in [0.25, 0.3) is 5.91 Å². The number of hydrogen-bond donors (Lipinski definition) is 3. The second-order valence-electron chi connectivity index (χ2n) is 5.22. The van der Waals surface area contributed by atoms with Gasteiger partial charge in [-0.3, -0.25) is 4.79 Å². The van der Waals surface area contributed by atoms with Crippen LogP contribution in [0.3, 0.4) is 0 Å². The van der Waals surface area contributed by atoms with Crippen molar-refractivity contribution in [2.24, 2.45) is 10.8 Å². The van der Waals surface area contributed by atoms with Crippen LogP contribution in [0, 0.1) is 6.92 Å². The molecule has 0 saturated heterocycles. The highest BCUT2D eigenvalue weighted by molar-refractivity contribution is 6.31. The topological polar surface area (TPSA) is 83.3 Å². The Balaban J connectivity index is 1.77. The number of amidine groups is 1. The van der Waals surface area contributed by atoms with Crippen molar-refractivity contribution in [3.63, 3.8) is 0 Å². The molecule has 23 heavy (non-hydrogen) atoms. The van der Waals surface area contributed by atoms with Crippen molar-refractivity contribution >= 4 is 34.2 Å². The average molecular weight is 327 g/mol. The number of rotatable bonds is 3. The number of aryl methyl sites for hydroxylation is 1. The second kappa shape index (κ2) is 6.14. The molecule has 116 valence electrons. The van der Waals surface area contributed by atoms with Gasteiger partial charge in [-0.1, -0.05) is 41.4 Å². The Morgan fingerprint density at radius 2 is 1.91 bits per heavy atom. The van der Waals surface area contributed by atoms with Gasteiger partial charge in [-0.05, 0) is 31.2 Å². The number of H-pyrrole nitrogens is 1. The zero-order chi connectivity index (χ0) is 16.4. The van der Waals surface area contributed by atoms with E-state index >= 15 is 0 Å². The van der Waals surface area contributed by atoms with Crippen LogP contribution in [0.5, 0.6) is 0 Å². The number of nitrogens with one attached hydrogen (secondary N) is 2. The van der Waals surface area contributed by atoms with E-state index in [1.54, 1.807) is 18.2 Å². The van der Waals surface area contributed by atoms with E-state index < -0.39 is 0 Å². The number of hydrogen-bond acceptors (Lipinski definition) is 2. The fourth-order valence-corrected chi connectivity index (χ4v) is 2.37. The minimum Gasteiger partial charge on any atom is -0.382 e. The summed E-state index contributed by atoms with van der Waals surface area (Å²) >= 11 is 5.94. The van der Waals surface area contributed by atoms with Crippen molar-refractivity contribution in [3.05, 3.63) is 70.4 Å². The van der Waals surface area contributed by atoms with Crippen molar-refractivity contribution in [2.45, 2.75) is 6.92 Å². The smallest absolute Gasteiger partial charge is 0.287 e. The van der Waals surface area contributed by atoms with Crippen molar-refractivity contribution in [1.82, 2.24) is 10.4 Å². The summed E-state index contributed by atoms with van der Waals surface area (Å²) in [5.74, 6) is -0.120. The molecule has 0 aliphatic heterocycles. The van der Waals surface area contributed by atoms with Gasteiger partial charge in [0.1, 0.15) is 5.69 Å². The van der Waals surface area contributed by atoms with Gasteiger partial charge in [0.2, 0.25) is 0 Å². The number of aromatic amines is 1. The Labute approximate surface area is 138 Å². The fourth-order valence-electron chi connectivity index (χ4n) is 2.19. The molecule has 0 spiro atoms. The normalized spacial score (nSPS) is 11.7. The Morgan fingerprint density at radius 3 is 2.65 bits per heavy atom. The van der Waals surface area contributed by atoms with Gasteiger partial charge in [0.05, 0.1) is 0 Å². The van der Waals surface area contributed by atoms with E-state index in [4.69, 9.17) is 17.3 Å². The number of carbonyl (C=O) groups excluding carboxylic acids is 1. The molecule has 0 aliphatic carbocycles. The monoisotopic (exact) mass is 326 g/mol. The first-order chi connectivity index (χ1) is 11.0. The van der Waals surface area contributed by atoms with Gasteiger partial charge in [-0.2, -0.15) is 5.10 Å². The molecule has 0 saturated carbocycles. The SMILES string of the molecule is Cc1ccc(C(N)=NNC(=O)c2cc3cc(Cl)ccc3[nH]2)cc1. The molecule has 5 nitrogen and oxygen atoms in total. The van der Waals surface area contributed by atoms with E-state index in [0.29, 0.717) is 10.7 Å². The standard InChI is InChI=1S/C17H15ClN4O/c1-10-2-4-11(5-3-10)16(19)21-22-17(23)15-9-12-8-13(18)6-7-14(12)20-15/h2-9,20H,1H3,(H2,19,21)(H,22,23). The van der Waals surface area contributed by atoms with Crippen LogP contribution < -0.4 is 11.2 Å². The molecule has 4 N–H and O–H groups in total. The number of nitrogens with zero attached hydrogens (tertiary/aromatic N) is 1. The predicted octanol–water partition coefficient (Wildman–Crippen LogP) is 3.18. The lowest BCUT2D eigenvalue weighted by molar-refractivity contribution is 0.0950. The van der Waals surface area contributed by atoms with Gasteiger partial charge in [0.15, 0.2) is 5.84 Å². The lowest BCUT2D eigenvalue weighted by Crippen LogP contribution is -2.24. The molecule has 0 aliphatic rings. The van der Waals surface area contributed by atoms with E-state index in [0.717, 1.165) is 22.0 Å². The Bertz CT molecular complexity index is 897. The highest BCUT2D eigenvalue weighted by Gasteiger charge is 2.09. The van der Waals surface area contributed by atoms with Crippen LogP contribution in [0.1, 0.15) is 21.6 Å². The second-order valence-corrected chi connectivity index (χ2v) is 5.66. The van der Waals surface area contributed by atoms with Gasteiger partial charge >= 0.3 is 0 Å². The third-order valence-corrected chi connectivity index (χ3v) is 3.69. The number of fused-ring (bicyclic) bond motifs is 1. The van der Waals surface area contributed by atoms with Crippen LogP contribution in [-0.4, -0.2) is 16.7 Å². The van der Waals surface area contributed by atoms with Crippen LogP contribution in [0.2, 0.25) is 5.02 Å². The molecule has 1 heterocycles. The summed E-state index contributed by atoms with van der Waals surface area (Å²) in [6.45, 7) is 1.99. The highest BCUT2D eigenvalue weighted by atomic mass is 35.5. The molecule has 0 radical (unpaired) electrons. The molecule has 0 bridgehead atoms. The summed E-state index contributed by atoms with van der Waals surface area (Å²) in [6, 6.07) is 14.6. The van der Waals surface area contributed by atoms with Gasteiger partial charge in [-0.15, -0.1) is 0 Å². The average Bonchev–Trinajstić information content (AvgIpc) is 2.96. The van der Waals surface area contributed by atoms with E-state index in [-0.39, 0.29) is 11.7 Å². The minimum absolute atomic E-state index is 0.248. The molecular weight excluding hydrogens is 312 g/mol. The number of benzene rings is 2. The van der Waals surface area contributed by atoms with Gasteiger partial charge < -0.3 is 10.7 Å². The molecule has 0 fully saturated rings. The van der Waals surface area contributed by atoms with E-state index in [1.165, 1.54) is 0 Å². The van der Waals surface area contributed by atoms with Crippen molar-refractivity contribution in [2.75, 3.05) is 0 Å². The molecule has 3 aromatic rings. The Morgan fingerprint density at radius 1 is 1.17 bits per heavy atom. The maximum Gasteiger partial charge on any atom is 0.287 e. The fraction of sp³-hybridized carbons (Fsp3) is 0.0588. The molecule has 2 aromatic carbocycles. The van der Waals surface area contributed by atoms with Crippen LogP contribution >= 0.6 is 11.6 Å². The predicted molar refractivity (Wildman–Crippen MR) is 92.7 cm³/mol. The van der Waals surface area contributed by atoms with E-state index in [2.05, 4.69) is 15.5 Å². The maximum atomic E-state index is 12.2. The lowest BCUT2D eigenvalue weighted by atomic mass is 10.1. The number of carbonyl (C=O) groups is 1. The number of halogens is 1. The Hall–Kier alpha value is -2.79. The van der Waals surface area contributed by atoms with Crippen molar-refractivity contribution < 1.29 is 4.79 Å². The van der Waals surface area contributed by atoms with Crippen molar-refractivity contribution in [3.8, 4) is 0 Å². The molecular formula is C17H15ClN4O. The van der Waals surface area contributed by atoms with Crippen LogP contribution in [0.15, 0.2) is 53.6 Å². The van der Waals surface area contributed by atoms with Gasteiger partial charge in [0, 0.05) is 21.5 Å². The molecule has 3 rings (SSSR count). The van der Waals surface area contributed by atoms with Crippen LogP contribution in [0.4, 0.5) is 0 Å². The molecule has 0 atom stereocenters. The maximum absolute atomic E-state index is 12.2. The summed E-state index contributed by atoms with van der Waals surface area (Å²) in [6.07, 6.45) is 0. The zero-order valence-electron chi connectivity index (χ0n) is 12.4. The highest BCUT2D eigenvalue weighted by Crippen LogP contribution is 2.20. The first-order valence-corrected chi connectivity index (χ1v) is 7.39. The van der Waals surface area contributed by atoms with Gasteiger partial charge in [-0.25, -0.2) is 5.43 Å². The summed E-state index contributed by atoms with van der Waals surface area (Å²) in [5.41, 5.74) is 11.4. The van der Waals surface area contributed by atoms with Crippen LogP contribution in [-0.2, 0) is 0 Å². The first-order valence-electron chi connectivity index (χ1n) is 7.02. The zero-order valence-corrected chi connectivity index (χ0v) is 13.2. The third kappa shape index (κ3) is 3.35. The first kappa shape index (κ1) is 15.1. The summed E-state index contributed by atoms with van der Waals surface area (Å²) in [5, 5.41) is 5.41. The minimum atomic E-state index is -0.368. The van der Waals surface area contributed by atoms with Crippen LogP contribution in [0.25, 0.3) is 10.9 Å². The number of hydrazone groups is 1. The third-order valence-electron chi connectivity index (χ3n) is 3.45. The number of amides is 1.